The Hall–Kier alpha value is -2.75. The monoisotopic (exact) mass is 442 g/mol. The van der Waals surface area contributed by atoms with E-state index in [0.29, 0.717) is 17.1 Å². The van der Waals surface area contributed by atoms with Crippen LogP contribution in [0.4, 0.5) is 4.39 Å². The summed E-state index contributed by atoms with van der Waals surface area (Å²) in [5.41, 5.74) is 7.17. The zero-order chi connectivity index (χ0) is 20.3. The summed E-state index contributed by atoms with van der Waals surface area (Å²) in [7, 11) is 0. The fraction of sp³-hybridized carbons (Fsp3) is 0.222. The number of carbonyl (C=O) groups is 1. The Kier molecular flexibility index (Phi) is 7.49. The van der Waals surface area contributed by atoms with Gasteiger partial charge < -0.3 is 20.1 Å². The van der Waals surface area contributed by atoms with Crippen molar-refractivity contribution >= 4 is 30.0 Å². The molecule has 3 N–H and O–H groups in total. The van der Waals surface area contributed by atoms with Crippen LogP contribution in [0.15, 0.2) is 35.0 Å². The van der Waals surface area contributed by atoms with Crippen LogP contribution in [0, 0.1) is 12.7 Å². The maximum Gasteiger partial charge on any atom is 0.304 e. The van der Waals surface area contributed by atoms with Gasteiger partial charge in [0.2, 0.25) is 11.7 Å². The number of halogens is 3. The number of ether oxygens (including phenoxy) is 1. The van der Waals surface area contributed by atoms with Gasteiger partial charge in [0, 0.05) is 24.2 Å². The number of carboxylic acid groups (broad SMARTS) is 1. The molecule has 29 heavy (non-hydrogen) atoms. The van der Waals surface area contributed by atoms with Gasteiger partial charge in [-0.15, -0.1) is 12.4 Å². The van der Waals surface area contributed by atoms with Crippen LogP contribution in [0.5, 0.6) is 11.6 Å². The molecule has 154 valence electrons. The Morgan fingerprint density at radius 2 is 2.17 bits per heavy atom. The highest BCUT2D eigenvalue weighted by Crippen LogP contribution is 2.29. The maximum absolute atomic E-state index is 13.8. The van der Waals surface area contributed by atoms with Gasteiger partial charge in [-0.25, -0.2) is 9.37 Å². The smallest absolute Gasteiger partial charge is 0.304 e. The number of aryl methyl sites for hydroxylation is 1. The SMILES string of the molecule is Cc1cc(Oc2ncc(Cl)cc2F)ccc1-c1noc(C[C@@H](N)CC(=O)O)n1.Cl. The molecule has 11 heteroatoms. The number of carboxylic acids is 1. The summed E-state index contributed by atoms with van der Waals surface area (Å²) >= 11 is 5.67. The van der Waals surface area contributed by atoms with Crippen molar-refractivity contribution in [3.8, 4) is 23.0 Å². The van der Waals surface area contributed by atoms with Crippen LogP contribution in [0.1, 0.15) is 17.9 Å². The number of benzene rings is 1. The minimum absolute atomic E-state index is 0. The molecule has 2 heterocycles. The molecule has 0 bridgehead atoms. The molecule has 0 amide bonds. The van der Waals surface area contributed by atoms with E-state index < -0.39 is 17.8 Å². The van der Waals surface area contributed by atoms with E-state index in [1.54, 1.807) is 25.1 Å². The molecule has 0 radical (unpaired) electrons. The lowest BCUT2D eigenvalue weighted by Crippen LogP contribution is -2.26. The molecule has 0 fully saturated rings. The van der Waals surface area contributed by atoms with Crippen molar-refractivity contribution in [2.75, 3.05) is 0 Å². The van der Waals surface area contributed by atoms with Crippen LogP contribution in [0.25, 0.3) is 11.4 Å². The topological polar surface area (TPSA) is 124 Å². The standard InChI is InChI=1S/C18H16ClFN4O4.ClH/c1-9-4-12(27-18-14(20)5-10(19)8-22-18)2-3-13(9)17-23-15(28-24-17)6-11(21)7-16(25)26;/h2-5,8,11H,6-7,21H2,1H3,(H,25,26);1H/t11-;/m1./s1. The second kappa shape index (κ2) is 9.64. The highest BCUT2D eigenvalue weighted by molar-refractivity contribution is 6.30. The predicted molar refractivity (Wildman–Crippen MR) is 105 cm³/mol. The first-order valence-electron chi connectivity index (χ1n) is 8.21. The van der Waals surface area contributed by atoms with Crippen LogP contribution in [0.3, 0.4) is 0 Å². The Balaban J connectivity index is 0.00000300. The first-order chi connectivity index (χ1) is 13.3. The third kappa shape index (κ3) is 5.86. The second-order valence-electron chi connectivity index (χ2n) is 6.09. The minimum Gasteiger partial charge on any atom is -0.481 e. The van der Waals surface area contributed by atoms with Gasteiger partial charge in [0.25, 0.3) is 5.88 Å². The van der Waals surface area contributed by atoms with Gasteiger partial charge in [-0.2, -0.15) is 4.98 Å². The molecule has 0 aliphatic rings. The number of nitrogens with zero attached hydrogens (tertiary/aromatic N) is 3. The van der Waals surface area contributed by atoms with E-state index in [0.717, 1.165) is 11.6 Å². The van der Waals surface area contributed by atoms with E-state index in [9.17, 15) is 9.18 Å². The predicted octanol–water partition coefficient (Wildman–Crippen LogP) is 3.79. The summed E-state index contributed by atoms with van der Waals surface area (Å²) in [6.45, 7) is 1.81. The van der Waals surface area contributed by atoms with Crippen LogP contribution in [-0.2, 0) is 11.2 Å². The number of rotatable bonds is 7. The molecule has 2 aromatic heterocycles. The fourth-order valence-corrected chi connectivity index (χ4v) is 2.65. The first kappa shape index (κ1) is 22.5. The van der Waals surface area contributed by atoms with Crippen LogP contribution in [0.2, 0.25) is 5.02 Å². The third-order valence-electron chi connectivity index (χ3n) is 3.77. The van der Waals surface area contributed by atoms with E-state index >= 15 is 0 Å². The average Bonchev–Trinajstić information content (AvgIpc) is 3.04. The Labute approximate surface area is 176 Å². The molecular weight excluding hydrogens is 426 g/mol. The zero-order valence-corrected chi connectivity index (χ0v) is 16.7. The summed E-state index contributed by atoms with van der Waals surface area (Å²) < 4.78 is 24.4. The van der Waals surface area contributed by atoms with Crippen molar-refractivity contribution in [2.24, 2.45) is 5.73 Å². The molecule has 0 spiro atoms. The lowest BCUT2D eigenvalue weighted by Gasteiger charge is -2.08. The van der Waals surface area contributed by atoms with Gasteiger partial charge in [0.15, 0.2) is 5.82 Å². The normalized spacial score (nSPS) is 11.6. The van der Waals surface area contributed by atoms with Crippen molar-refractivity contribution in [3.63, 3.8) is 0 Å². The molecule has 0 unspecified atom stereocenters. The van der Waals surface area contributed by atoms with Crippen molar-refractivity contribution < 1.29 is 23.6 Å². The molecule has 0 aliphatic heterocycles. The van der Waals surface area contributed by atoms with Crippen molar-refractivity contribution in [2.45, 2.75) is 25.8 Å². The summed E-state index contributed by atoms with van der Waals surface area (Å²) in [6, 6.07) is 5.48. The number of hydrogen-bond donors (Lipinski definition) is 2. The lowest BCUT2D eigenvalue weighted by molar-refractivity contribution is -0.137. The Bertz CT molecular complexity index is 1020. The van der Waals surface area contributed by atoms with Gasteiger partial charge in [-0.3, -0.25) is 4.79 Å². The zero-order valence-electron chi connectivity index (χ0n) is 15.1. The fourth-order valence-electron chi connectivity index (χ4n) is 2.51. The van der Waals surface area contributed by atoms with Gasteiger partial charge in [0.05, 0.1) is 11.4 Å². The van der Waals surface area contributed by atoms with Crippen LogP contribution in [-0.4, -0.2) is 32.2 Å². The van der Waals surface area contributed by atoms with E-state index in [1.807, 2.05) is 0 Å². The Morgan fingerprint density at radius 3 is 2.83 bits per heavy atom. The van der Waals surface area contributed by atoms with Gasteiger partial charge in [-0.05, 0) is 36.8 Å². The molecule has 3 rings (SSSR count). The summed E-state index contributed by atoms with van der Waals surface area (Å²) in [5, 5.41) is 12.8. The quantitative estimate of drug-likeness (QED) is 0.565. The number of nitrogens with two attached hydrogens (primary N) is 1. The highest BCUT2D eigenvalue weighted by atomic mass is 35.5. The van der Waals surface area contributed by atoms with E-state index in [2.05, 4.69) is 15.1 Å². The molecule has 8 nitrogen and oxygen atoms in total. The van der Waals surface area contributed by atoms with E-state index in [-0.39, 0.29) is 42.0 Å². The third-order valence-corrected chi connectivity index (χ3v) is 3.98. The highest BCUT2D eigenvalue weighted by Gasteiger charge is 2.16. The minimum atomic E-state index is -0.995. The lowest BCUT2D eigenvalue weighted by atomic mass is 10.1. The molecule has 0 saturated heterocycles. The van der Waals surface area contributed by atoms with E-state index in [1.165, 1.54) is 6.20 Å². The number of aromatic nitrogens is 3. The van der Waals surface area contributed by atoms with Crippen molar-refractivity contribution in [1.29, 1.82) is 0 Å². The molecule has 1 atom stereocenters. The average molecular weight is 443 g/mol. The largest absolute Gasteiger partial charge is 0.481 e. The number of aliphatic carboxylic acids is 1. The molecule has 3 aromatic rings. The van der Waals surface area contributed by atoms with E-state index in [4.69, 9.17) is 31.7 Å². The van der Waals surface area contributed by atoms with Crippen LogP contribution >= 0.6 is 24.0 Å². The summed E-state index contributed by atoms with van der Waals surface area (Å²) in [4.78, 5) is 18.7. The van der Waals surface area contributed by atoms with Gasteiger partial charge >= 0.3 is 5.97 Å². The summed E-state index contributed by atoms with van der Waals surface area (Å²) in [6.07, 6.45) is 1.25. The summed E-state index contributed by atoms with van der Waals surface area (Å²) in [5.74, 6) is -0.902. The van der Waals surface area contributed by atoms with Gasteiger partial charge in [-0.1, -0.05) is 16.8 Å². The Morgan fingerprint density at radius 1 is 1.41 bits per heavy atom. The second-order valence-corrected chi connectivity index (χ2v) is 6.53. The number of pyridine rings is 1. The molecule has 0 aliphatic carbocycles. The number of hydrogen-bond acceptors (Lipinski definition) is 7. The van der Waals surface area contributed by atoms with Crippen molar-refractivity contribution in [3.05, 3.63) is 52.8 Å². The molecule has 1 aromatic carbocycles. The van der Waals surface area contributed by atoms with Crippen molar-refractivity contribution in [1.82, 2.24) is 15.1 Å². The first-order valence-corrected chi connectivity index (χ1v) is 8.59. The molecule has 0 saturated carbocycles. The molecular formula is C18H17Cl2FN4O4. The van der Waals surface area contributed by atoms with Gasteiger partial charge in [0.1, 0.15) is 5.75 Å². The maximum atomic E-state index is 13.8. The van der Waals surface area contributed by atoms with Crippen LogP contribution < -0.4 is 10.5 Å².